The van der Waals surface area contributed by atoms with Crippen LogP contribution in [0.2, 0.25) is 10.3 Å². The Hall–Kier alpha value is -1.23. The van der Waals surface area contributed by atoms with Crippen LogP contribution in [0.4, 0.5) is 11.5 Å². The SMILES string of the molecule is C=CCSc1ccccc1Nc1nc(Cl)ncc1Cl. The molecule has 0 fully saturated rings. The monoisotopic (exact) mass is 311 g/mol. The minimum atomic E-state index is 0.156. The van der Waals surface area contributed by atoms with Crippen LogP contribution in [0.5, 0.6) is 0 Å². The minimum absolute atomic E-state index is 0.156. The van der Waals surface area contributed by atoms with Gasteiger partial charge < -0.3 is 5.32 Å². The lowest BCUT2D eigenvalue weighted by atomic mass is 10.3. The lowest BCUT2D eigenvalue weighted by Gasteiger charge is -2.11. The summed E-state index contributed by atoms with van der Waals surface area (Å²) in [6, 6.07) is 7.90. The van der Waals surface area contributed by atoms with Crippen LogP contribution in [0.3, 0.4) is 0 Å². The number of thioether (sulfide) groups is 1. The Bertz CT molecular complexity index is 590. The largest absolute Gasteiger partial charge is 0.338 e. The van der Waals surface area contributed by atoms with Crippen molar-refractivity contribution in [2.75, 3.05) is 11.1 Å². The van der Waals surface area contributed by atoms with E-state index in [1.165, 1.54) is 6.20 Å². The maximum Gasteiger partial charge on any atom is 0.224 e. The molecule has 1 aromatic heterocycles. The van der Waals surface area contributed by atoms with Gasteiger partial charge in [-0.05, 0) is 23.7 Å². The third-order valence-electron chi connectivity index (χ3n) is 2.21. The molecule has 0 radical (unpaired) electrons. The van der Waals surface area contributed by atoms with E-state index in [2.05, 4.69) is 21.9 Å². The van der Waals surface area contributed by atoms with Crippen LogP contribution in [0, 0.1) is 0 Å². The van der Waals surface area contributed by atoms with Crippen molar-refractivity contribution in [2.45, 2.75) is 4.90 Å². The fourth-order valence-electron chi connectivity index (χ4n) is 1.41. The van der Waals surface area contributed by atoms with Gasteiger partial charge in [0.1, 0.15) is 5.02 Å². The van der Waals surface area contributed by atoms with Crippen molar-refractivity contribution in [3.63, 3.8) is 0 Å². The van der Waals surface area contributed by atoms with Crippen molar-refractivity contribution in [2.24, 2.45) is 0 Å². The summed E-state index contributed by atoms with van der Waals surface area (Å²) in [5.74, 6) is 1.32. The zero-order valence-electron chi connectivity index (χ0n) is 9.94. The van der Waals surface area contributed by atoms with E-state index in [1.54, 1.807) is 11.8 Å². The highest BCUT2D eigenvalue weighted by molar-refractivity contribution is 7.99. The first-order valence-electron chi connectivity index (χ1n) is 5.48. The summed E-state index contributed by atoms with van der Waals surface area (Å²) in [6.07, 6.45) is 3.33. The molecule has 0 amide bonds. The van der Waals surface area contributed by atoms with Crippen LogP contribution in [0.25, 0.3) is 0 Å². The molecule has 19 heavy (non-hydrogen) atoms. The maximum atomic E-state index is 6.03. The van der Waals surface area contributed by atoms with Gasteiger partial charge in [0.15, 0.2) is 5.82 Å². The van der Waals surface area contributed by atoms with Crippen molar-refractivity contribution < 1.29 is 0 Å². The number of nitrogens with one attached hydrogen (secondary N) is 1. The molecule has 0 saturated carbocycles. The third kappa shape index (κ3) is 3.86. The second kappa shape index (κ2) is 6.80. The Morgan fingerprint density at radius 2 is 2.11 bits per heavy atom. The molecular formula is C13H11Cl2N3S. The van der Waals surface area contributed by atoms with Gasteiger partial charge in [-0.15, -0.1) is 18.3 Å². The van der Waals surface area contributed by atoms with Crippen LogP contribution >= 0.6 is 35.0 Å². The molecule has 1 aromatic carbocycles. The summed E-state index contributed by atoms with van der Waals surface area (Å²) in [7, 11) is 0. The van der Waals surface area contributed by atoms with Gasteiger partial charge in [0.2, 0.25) is 5.28 Å². The van der Waals surface area contributed by atoms with E-state index in [4.69, 9.17) is 23.2 Å². The van der Waals surface area contributed by atoms with Crippen LogP contribution in [-0.2, 0) is 0 Å². The van der Waals surface area contributed by atoms with Crippen LogP contribution in [-0.4, -0.2) is 15.7 Å². The van der Waals surface area contributed by atoms with Gasteiger partial charge in [0.25, 0.3) is 0 Å². The molecule has 0 atom stereocenters. The summed E-state index contributed by atoms with van der Waals surface area (Å²) in [5.41, 5.74) is 0.922. The first kappa shape index (κ1) is 14.2. The Morgan fingerprint density at radius 3 is 2.89 bits per heavy atom. The van der Waals surface area contributed by atoms with E-state index in [-0.39, 0.29) is 5.28 Å². The van der Waals surface area contributed by atoms with Gasteiger partial charge in [-0.25, -0.2) is 4.98 Å². The fraction of sp³-hybridized carbons (Fsp3) is 0.0769. The molecule has 0 saturated heterocycles. The number of aromatic nitrogens is 2. The summed E-state index contributed by atoms with van der Waals surface area (Å²) in [5, 5.41) is 3.75. The van der Waals surface area contributed by atoms with E-state index >= 15 is 0 Å². The topological polar surface area (TPSA) is 37.8 Å². The molecule has 0 unspecified atom stereocenters. The van der Waals surface area contributed by atoms with E-state index in [1.807, 2.05) is 30.3 Å². The molecule has 1 heterocycles. The second-order valence-electron chi connectivity index (χ2n) is 3.56. The number of hydrogen-bond acceptors (Lipinski definition) is 4. The molecule has 98 valence electrons. The molecule has 0 bridgehead atoms. The highest BCUT2D eigenvalue weighted by Crippen LogP contribution is 2.31. The van der Waals surface area contributed by atoms with Gasteiger partial charge in [-0.1, -0.05) is 29.8 Å². The van der Waals surface area contributed by atoms with Gasteiger partial charge in [-0.3, -0.25) is 0 Å². The third-order valence-corrected chi connectivity index (χ3v) is 3.74. The van der Waals surface area contributed by atoms with Crippen molar-refractivity contribution >= 4 is 46.5 Å². The molecule has 0 aliphatic carbocycles. The number of halogens is 2. The first-order valence-corrected chi connectivity index (χ1v) is 7.22. The first-order chi connectivity index (χ1) is 9.20. The molecule has 6 heteroatoms. The summed E-state index contributed by atoms with van der Waals surface area (Å²) in [6.45, 7) is 3.71. The summed E-state index contributed by atoms with van der Waals surface area (Å²) >= 11 is 13.5. The Labute approximate surface area is 126 Å². The second-order valence-corrected chi connectivity index (χ2v) is 5.36. The van der Waals surface area contributed by atoms with Gasteiger partial charge in [0.05, 0.1) is 11.9 Å². The molecule has 2 rings (SSSR count). The van der Waals surface area contributed by atoms with Crippen molar-refractivity contribution in [3.8, 4) is 0 Å². The van der Waals surface area contributed by atoms with Crippen LogP contribution < -0.4 is 5.32 Å². The molecule has 3 nitrogen and oxygen atoms in total. The van der Waals surface area contributed by atoms with E-state index in [9.17, 15) is 0 Å². The molecule has 0 aliphatic heterocycles. The van der Waals surface area contributed by atoms with Crippen molar-refractivity contribution in [3.05, 3.63) is 53.4 Å². The smallest absolute Gasteiger partial charge is 0.224 e. The lowest BCUT2D eigenvalue weighted by Crippen LogP contribution is -1.97. The van der Waals surface area contributed by atoms with Crippen LogP contribution in [0.15, 0.2) is 48.0 Å². The Balaban J connectivity index is 2.27. The predicted octanol–water partition coefficient (Wildman–Crippen LogP) is 4.81. The summed E-state index contributed by atoms with van der Waals surface area (Å²) < 4.78 is 0. The quantitative estimate of drug-likeness (QED) is 0.489. The predicted molar refractivity (Wildman–Crippen MR) is 82.7 cm³/mol. The molecule has 2 aromatic rings. The number of nitrogens with zero attached hydrogens (tertiary/aromatic N) is 2. The lowest BCUT2D eigenvalue weighted by molar-refractivity contribution is 1.16. The van der Waals surface area contributed by atoms with Gasteiger partial charge in [0, 0.05) is 10.6 Å². The average Bonchev–Trinajstić information content (AvgIpc) is 2.42. The van der Waals surface area contributed by atoms with E-state index < -0.39 is 0 Å². The minimum Gasteiger partial charge on any atom is -0.338 e. The zero-order chi connectivity index (χ0) is 13.7. The molecular weight excluding hydrogens is 301 g/mol. The standard InChI is InChI=1S/C13H11Cl2N3S/c1-2-7-19-11-6-4-3-5-10(11)17-12-9(14)8-16-13(15)18-12/h2-6,8H,1,7H2,(H,16,17,18). The number of benzene rings is 1. The maximum absolute atomic E-state index is 6.03. The number of para-hydroxylation sites is 1. The normalized spacial score (nSPS) is 10.2. The van der Waals surface area contributed by atoms with Crippen LogP contribution in [0.1, 0.15) is 0 Å². The zero-order valence-corrected chi connectivity index (χ0v) is 12.3. The highest BCUT2D eigenvalue weighted by Gasteiger charge is 2.07. The average molecular weight is 312 g/mol. The van der Waals surface area contributed by atoms with E-state index in [0.717, 1.165) is 16.3 Å². The van der Waals surface area contributed by atoms with Crippen molar-refractivity contribution in [1.29, 1.82) is 0 Å². The molecule has 0 spiro atoms. The summed E-state index contributed by atoms with van der Waals surface area (Å²) in [4.78, 5) is 8.98. The van der Waals surface area contributed by atoms with Crippen molar-refractivity contribution in [1.82, 2.24) is 9.97 Å². The Kier molecular flexibility index (Phi) is 5.07. The fourth-order valence-corrected chi connectivity index (χ4v) is 2.42. The molecule has 0 aliphatic rings. The number of anilines is 2. The number of rotatable bonds is 5. The van der Waals surface area contributed by atoms with Gasteiger partial charge >= 0.3 is 0 Å². The highest BCUT2D eigenvalue weighted by atomic mass is 35.5. The molecule has 1 N–H and O–H groups in total. The van der Waals surface area contributed by atoms with E-state index in [0.29, 0.717) is 10.8 Å². The van der Waals surface area contributed by atoms with Gasteiger partial charge in [-0.2, -0.15) is 4.98 Å². The Morgan fingerprint density at radius 1 is 1.32 bits per heavy atom. The number of hydrogen-bond donors (Lipinski definition) is 1.